The molecule has 2 N–H and O–H groups in total. The summed E-state index contributed by atoms with van der Waals surface area (Å²) in [5.41, 5.74) is 5.68. The molecule has 3 rings (SSSR count). The zero-order chi connectivity index (χ0) is 24.4. The quantitative estimate of drug-likeness (QED) is 0.327. The van der Waals surface area contributed by atoms with E-state index in [1.54, 1.807) is 12.5 Å². The third-order valence-corrected chi connectivity index (χ3v) is 11.6. The number of halogens is 1. The molecule has 2 atom stereocenters. The van der Waals surface area contributed by atoms with Gasteiger partial charge in [-0.05, 0) is 60.1 Å². The smallest absolute Gasteiger partial charge is 0.268 e. The minimum absolute atomic E-state index is 0.0452. The second-order valence-electron chi connectivity index (χ2n) is 10.0. The van der Waals surface area contributed by atoms with Crippen LogP contribution in [0, 0.1) is 0 Å². The molecule has 3 aromatic rings. The molecule has 178 valence electrons. The van der Waals surface area contributed by atoms with Crippen LogP contribution in [0.15, 0.2) is 53.4 Å². The van der Waals surface area contributed by atoms with E-state index in [9.17, 15) is 4.79 Å². The van der Waals surface area contributed by atoms with E-state index in [0.29, 0.717) is 13.0 Å². The Bertz CT molecular complexity index is 1120. The Morgan fingerprint density at radius 3 is 2.48 bits per heavy atom. The number of carbonyl (C=O) groups excluding carboxylic acids is 1. The standard InChI is InChI=1S/C25H34BrN3O3Si/c1-17(32-33(5,6)25(2,3)4)23(29-15-22(24(27)30)28-16-29)11-12-31-21-10-8-18-13-20(26)9-7-19(18)14-21/h7-10,13-17,23H,11-12H2,1-6H3,(H2,27,30). The van der Waals surface area contributed by atoms with Gasteiger partial charge in [0.1, 0.15) is 11.4 Å². The van der Waals surface area contributed by atoms with Crippen LogP contribution >= 0.6 is 15.9 Å². The van der Waals surface area contributed by atoms with Crippen molar-refractivity contribution in [3.05, 3.63) is 59.1 Å². The molecule has 0 aliphatic carbocycles. The zero-order valence-electron chi connectivity index (χ0n) is 20.3. The van der Waals surface area contributed by atoms with Crippen LogP contribution in [0.1, 0.15) is 50.6 Å². The topological polar surface area (TPSA) is 79.4 Å². The Morgan fingerprint density at radius 1 is 1.18 bits per heavy atom. The maximum atomic E-state index is 11.6. The van der Waals surface area contributed by atoms with Crippen molar-refractivity contribution >= 4 is 40.9 Å². The predicted molar refractivity (Wildman–Crippen MR) is 139 cm³/mol. The summed E-state index contributed by atoms with van der Waals surface area (Å²) in [7, 11) is -1.99. The average molecular weight is 533 g/mol. The van der Waals surface area contributed by atoms with Crippen molar-refractivity contribution < 1.29 is 14.0 Å². The van der Waals surface area contributed by atoms with Gasteiger partial charge >= 0.3 is 0 Å². The van der Waals surface area contributed by atoms with E-state index in [0.717, 1.165) is 21.0 Å². The monoisotopic (exact) mass is 531 g/mol. The number of hydrogen-bond donors (Lipinski definition) is 1. The number of fused-ring (bicyclic) bond motifs is 1. The SMILES string of the molecule is CC(O[Si](C)(C)C(C)(C)C)C(CCOc1ccc2cc(Br)ccc2c1)n1cnc(C(N)=O)c1. The van der Waals surface area contributed by atoms with Gasteiger partial charge in [-0.15, -0.1) is 0 Å². The number of nitrogens with zero attached hydrogens (tertiary/aromatic N) is 2. The van der Waals surface area contributed by atoms with Gasteiger partial charge in [0.2, 0.25) is 0 Å². The van der Waals surface area contributed by atoms with Gasteiger partial charge < -0.3 is 19.5 Å². The molecule has 0 saturated carbocycles. The molecule has 0 saturated heterocycles. The van der Waals surface area contributed by atoms with Crippen LogP contribution in [0.25, 0.3) is 10.8 Å². The normalized spacial score (nSPS) is 14.3. The molecule has 0 aliphatic heterocycles. The molecule has 8 heteroatoms. The Hall–Kier alpha value is -2.16. The van der Waals surface area contributed by atoms with Crippen molar-refractivity contribution in [3.8, 4) is 5.75 Å². The molecule has 1 heterocycles. The summed E-state index contributed by atoms with van der Waals surface area (Å²) in [6.07, 6.45) is 3.97. The third-order valence-electron chi connectivity index (χ3n) is 6.52. The average Bonchev–Trinajstić information content (AvgIpc) is 3.20. The van der Waals surface area contributed by atoms with Crippen molar-refractivity contribution in [2.24, 2.45) is 5.73 Å². The molecule has 0 bridgehead atoms. The highest BCUT2D eigenvalue weighted by atomic mass is 79.9. The van der Waals surface area contributed by atoms with E-state index >= 15 is 0 Å². The van der Waals surface area contributed by atoms with E-state index < -0.39 is 14.2 Å². The van der Waals surface area contributed by atoms with Gasteiger partial charge in [-0.3, -0.25) is 4.79 Å². The number of rotatable bonds is 9. The lowest BCUT2D eigenvalue weighted by Gasteiger charge is -2.40. The number of amides is 1. The predicted octanol–water partition coefficient (Wildman–Crippen LogP) is 6.32. The molecule has 0 aliphatic rings. The van der Waals surface area contributed by atoms with Crippen molar-refractivity contribution in [1.29, 1.82) is 0 Å². The number of hydrogen-bond acceptors (Lipinski definition) is 4. The summed E-state index contributed by atoms with van der Waals surface area (Å²) in [6, 6.07) is 12.2. The largest absolute Gasteiger partial charge is 0.493 e. The van der Waals surface area contributed by atoms with Gasteiger partial charge in [-0.1, -0.05) is 48.8 Å². The van der Waals surface area contributed by atoms with Gasteiger partial charge in [0.25, 0.3) is 5.91 Å². The molecule has 2 aromatic carbocycles. The first-order chi connectivity index (χ1) is 15.4. The van der Waals surface area contributed by atoms with Gasteiger partial charge in [-0.2, -0.15) is 0 Å². The first-order valence-corrected chi connectivity index (χ1v) is 14.9. The molecular formula is C25H34BrN3O3Si. The first-order valence-electron chi connectivity index (χ1n) is 11.2. The summed E-state index contributed by atoms with van der Waals surface area (Å²) in [5, 5.41) is 2.38. The van der Waals surface area contributed by atoms with Gasteiger partial charge in [-0.25, -0.2) is 4.98 Å². The van der Waals surface area contributed by atoms with Crippen molar-refractivity contribution in [2.75, 3.05) is 6.61 Å². The van der Waals surface area contributed by atoms with Crippen LogP contribution in [0.3, 0.4) is 0 Å². The maximum absolute atomic E-state index is 11.6. The van der Waals surface area contributed by atoms with E-state index in [-0.39, 0.29) is 22.9 Å². The minimum atomic E-state index is -1.99. The van der Waals surface area contributed by atoms with Crippen LogP contribution in [-0.4, -0.2) is 36.5 Å². The van der Waals surface area contributed by atoms with Crippen LogP contribution in [0.2, 0.25) is 18.1 Å². The van der Waals surface area contributed by atoms with Crippen LogP contribution in [0.4, 0.5) is 0 Å². The number of ether oxygens (including phenoxy) is 1. The molecule has 0 radical (unpaired) electrons. The molecule has 6 nitrogen and oxygen atoms in total. The molecule has 1 aromatic heterocycles. The van der Waals surface area contributed by atoms with E-state index in [2.05, 4.69) is 86.0 Å². The summed E-state index contributed by atoms with van der Waals surface area (Å²) >= 11 is 3.51. The number of imidazole rings is 1. The Labute approximate surface area is 205 Å². The van der Waals surface area contributed by atoms with Gasteiger partial charge in [0, 0.05) is 17.1 Å². The van der Waals surface area contributed by atoms with Crippen LogP contribution < -0.4 is 10.5 Å². The van der Waals surface area contributed by atoms with Crippen molar-refractivity contribution in [3.63, 3.8) is 0 Å². The number of benzene rings is 2. The molecule has 2 unspecified atom stereocenters. The van der Waals surface area contributed by atoms with E-state index in [1.165, 1.54) is 0 Å². The van der Waals surface area contributed by atoms with Gasteiger partial charge in [0.05, 0.1) is 25.1 Å². The third kappa shape index (κ3) is 6.25. The Morgan fingerprint density at radius 2 is 1.85 bits per heavy atom. The summed E-state index contributed by atoms with van der Waals surface area (Å²) < 4.78 is 15.8. The van der Waals surface area contributed by atoms with Crippen molar-refractivity contribution in [2.45, 2.75) is 64.4 Å². The van der Waals surface area contributed by atoms with Crippen LogP contribution in [-0.2, 0) is 4.43 Å². The molecular weight excluding hydrogens is 498 g/mol. The molecule has 1 amide bonds. The fourth-order valence-corrected chi connectivity index (χ4v) is 5.39. The lowest BCUT2D eigenvalue weighted by atomic mass is 10.1. The number of nitrogens with two attached hydrogens (primary N) is 1. The number of carbonyl (C=O) groups is 1. The fraction of sp³-hybridized carbons (Fsp3) is 0.440. The van der Waals surface area contributed by atoms with E-state index in [1.807, 2.05) is 16.7 Å². The molecule has 0 fully saturated rings. The summed E-state index contributed by atoms with van der Waals surface area (Å²) in [5.74, 6) is 0.287. The maximum Gasteiger partial charge on any atom is 0.268 e. The Balaban J connectivity index is 1.76. The molecule has 33 heavy (non-hydrogen) atoms. The summed E-state index contributed by atoms with van der Waals surface area (Å²) in [6.45, 7) is 13.8. The molecule has 0 spiro atoms. The highest BCUT2D eigenvalue weighted by molar-refractivity contribution is 9.10. The highest BCUT2D eigenvalue weighted by Crippen LogP contribution is 2.39. The number of primary amides is 1. The fourth-order valence-electron chi connectivity index (χ4n) is 3.57. The minimum Gasteiger partial charge on any atom is -0.493 e. The second kappa shape index (κ2) is 9.99. The Kier molecular flexibility index (Phi) is 7.71. The highest BCUT2D eigenvalue weighted by Gasteiger charge is 2.40. The van der Waals surface area contributed by atoms with E-state index in [4.69, 9.17) is 14.9 Å². The number of aromatic nitrogens is 2. The second-order valence-corrected chi connectivity index (χ2v) is 15.7. The van der Waals surface area contributed by atoms with Gasteiger partial charge in [0.15, 0.2) is 8.32 Å². The zero-order valence-corrected chi connectivity index (χ0v) is 22.8. The lowest BCUT2D eigenvalue weighted by molar-refractivity contribution is 0.0994. The first kappa shape index (κ1) is 25.5. The van der Waals surface area contributed by atoms with Crippen LogP contribution in [0.5, 0.6) is 5.75 Å². The van der Waals surface area contributed by atoms with Crippen molar-refractivity contribution in [1.82, 2.24) is 9.55 Å². The lowest BCUT2D eigenvalue weighted by Crippen LogP contribution is -2.45. The summed E-state index contributed by atoms with van der Waals surface area (Å²) in [4.78, 5) is 15.8.